The molecule has 0 unspecified atom stereocenters. The van der Waals surface area contributed by atoms with Crippen LogP contribution in [0.5, 0.6) is 0 Å². The number of nitrogens with one attached hydrogen (secondary N) is 1. The molecular formula is C18H21ClN2O4S. The average Bonchev–Trinajstić information content (AvgIpc) is 2.61. The molecular weight excluding hydrogens is 376 g/mol. The van der Waals surface area contributed by atoms with Crippen molar-refractivity contribution in [3.8, 4) is 11.1 Å². The van der Waals surface area contributed by atoms with E-state index in [-0.39, 0.29) is 11.3 Å². The number of aliphatic carboxylic acids is 1. The molecule has 0 aromatic heterocycles. The molecule has 0 fully saturated rings. The van der Waals surface area contributed by atoms with Gasteiger partial charge in [0.1, 0.15) is 6.04 Å². The number of carbonyl (C=O) groups is 1. The van der Waals surface area contributed by atoms with Crippen molar-refractivity contribution in [3.05, 3.63) is 53.6 Å². The fourth-order valence-electron chi connectivity index (χ4n) is 2.45. The zero-order valence-electron chi connectivity index (χ0n) is 14.1. The van der Waals surface area contributed by atoms with Gasteiger partial charge >= 0.3 is 5.97 Å². The van der Waals surface area contributed by atoms with Crippen LogP contribution < -0.4 is 10.5 Å². The van der Waals surface area contributed by atoms with Crippen LogP contribution in [0.15, 0.2) is 53.4 Å². The molecule has 0 saturated carbocycles. The first kappa shape index (κ1) is 20.4. The van der Waals surface area contributed by atoms with Crippen molar-refractivity contribution in [1.29, 1.82) is 0 Å². The minimum atomic E-state index is -3.93. The maximum absolute atomic E-state index is 12.5. The van der Waals surface area contributed by atoms with Gasteiger partial charge in [-0.05, 0) is 54.8 Å². The first-order valence-electron chi connectivity index (χ1n) is 8.14. The quantitative estimate of drug-likeness (QED) is 0.564. The van der Waals surface area contributed by atoms with Crippen LogP contribution in [0.4, 0.5) is 0 Å². The van der Waals surface area contributed by atoms with Crippen molar-refractivity contribution in [1.82, 2.24) is 4.72 Å². The smallest absolute Gasteiger partial charge is 0.321 e. The van der Waals surface area contributed by atoms with Crippen molar-refractivity contribution in [2.24, 2.45) is 5.73 Å². The highest BCUT2D eigenvalue weighted by Crippen LogP contribution is 2.23. The number of carboxylic acids is 1. The zero-order valence-corrected chi connectivity index (χ0v) is 15.6. The summed E-state index contributed by atoms with van der Waals surface area (Å²) in [6, 6.07) is 12.2. The summed E-state index contributed by atoms with van der Waals surface area (Å²) in [4.78, 5) is 11.3. The highest BCUT2D eigenvalue weighted by atomic mass is 35.5. The molecule has 2 rings (SSSR count). The molecule has 0 heterocycles. The summed E-state index contributed by atoms with van der Waals surface area (Å²) in [6.07, 6.45) is 1.36. The van der Waals surface area contributed by atoms with E-state index in [1.54, 1.807) is 24.3 Å². The molecule has 0 radical (unpaired) electrons. The number of unbranched alkanes of at least 4 members (excludes halogenated alkanes) is 1. The molecule has 26 heavy (non-hydrogen) atoms. The number of nitrogens with two attached hydrogens (primary N) is 1. The van der Waals surface area contributed by atoms with Gasteiger partial charge in [-0.25, -0.2) is 8.42 Å². The Kier molecular flexibility index (Phi) is 7.16. The standard InChI is InChI=1S/C18H21ClN2O4S/c19-15-8-4-13(5-9-15)14-6-10-16(11-7-14)26(24,25)21-17(18(22)23)3-1-2-12-20/h4-11,17,21H,1-3,12,20H2,(H,22,23)/t17-/m1/s1. The van der Waals surface area contributed by atoms with Gasteiger partial charge in [0.2, 0.25) is 10.0 Å². The molecule has 2 aromatic carbocycles. The van der Waals surface area contributed by atoms with E-state index in [1.807, 2.05) is 12.1 Å². The molecule has 0 saturated heterocycles. The van der Waals surface area contributed by atoms with Crippen molar-refractivity contribution >= 4 is 27.6 Å². The minimum Gasteiger partial charge on any atom is -0.480 e. The van der Waals surface area contributed by atoms with E-state index in [9.17, 15) is 18.3 Å². The molecule has 0 aliphatic carbocycles. The highest BCUT2D eigenvalue weighted by Gasteiger charge is 2.24. The molecule has 0 amide bonds. The Morgan fingerprint density at radius 1 is 1.04 bits per heavy atom. The molecule has 6 nitrogen and oxygen atoms in total. The first-order chi connectivity index (χ1) is 12.3. The summed E-state index contributed by atoms with van der Waals surface area (Å²) in [6.45, 7) is 0.436. The van der Waals surface area contributed by atoms with Gasteiger partial charge in [0.25, 0.3) is 0 Å². The van der Waals surface area contributed by atoms with Gasteiger partial charge in [0, 0.05) is 5.02 Å². The summed E-state index contributed by atoms with van der Waals surface area (Å²) < 4.78 is 27.2. The Morgan fingerprint density at radius 3 is 2.08 bits per heavy atom. The molecule has 8 heteroatoms. The summed E-state index contributed by atoms with van der Waals surface area (Å²) in [7, 11) is -3.93. The van der Waals surface area contributed by atoms with Crippen molar-refractivity contribution in [2.75, 3.05) is 6.54 Å². The third-order valence-electron chi connectivity index (χ3n) is 3.88. The second kappa shape index (κ2) is 9.14. The van der Waals surface area contributed by atoms with Crippen molar-refractivity contribution in [2.45, 2.75) is 30.2 Å². The van der Waals surface area contributed by atoms with E-state index >= 15 is 0 Å². The summed E-state index contributed by atoms with van der Waals surface area (Å²) in [5, 5.41) is 9.85. The van der Waals surface area contributed by atoms with E-state index < -0.39 is 22.0 Å². The number of rotatable bonds is 9. The molecule has 1 atom stereocenters. The number of carboxylic acid groups (broad SMARTS) is 1. The molecule has 0 aliphatic heterocycles. The normalized spacial score (nSPS) is 12.7. The van der Waals surface area contributed by atoms with E-state index in [1.165, 1.54) is 12.1 Å². The fraction of sp³-hybridized carbons (Fsp3) is 0.278. The van der Waals surface area contributed by atoms with Crippen LogP contribution >= 0.6 is 11.6 Å². The summed E-state index contributed by atoms with van der Waals surface area (Å²) >= 11 is 5.86. The van der Waals surface area contributed by atoms with E-state index in [0.29, 0.717) is 24.4 Å². The van der Waals surface area contributed by atoms with Crippen LogP contribution in [-0.4, -0.2) is 32.1 Å². The Balaban J connectivity index is 2.14. The lowest BCUT2D eigenvalue weighted by atomic mass is 10.1. The number of hydrogen-bond acceptors (Lipinski definition) is 4. The second-order valence-corrected chi connectivity index (χ2v) is 7.98. The molecule has 4 N–H and O–H groups in total. The predicted octanol–water partition coefficient (Wildman–Crippen LogP) is 2.87. The van der Waals surface area contributed by atoms with Crippen LogP contribution in [0.1, 0.15) is 19.3 Å². The average molecular weight is 397 g/mol. The van der Waals surface area contributed by atoms with E-state index in [0.717, 1.165) is 11.1 Å². The van der Waals surface area contributed by atoms with Gasteiger partial charge in [0.15, 0.2) is 0 Å². The number of benzene rings is 2. The molecule has 0 spiro atoms. The molecule has 0 bridgehead atoms. The SMILES string of the molecule is NCCCC[C@@H](NS(=O)(=O)c1ccc(-c2ccc(Cl)cc2)cc1)C(=O)O. The van der Waals surface area contributed by atoms with Gasteiger partial charge in [-0.2, -0.15) is 4.72 Å². The second-order valence-electron chi connectivity index (χ2n) is 5.83. The monoisotopic (exact) mass is 396 g/mol. The predicted molar refractivity (Wildman–Crippen MR) is 102 cm³/mol. The maximum atomic E-state index is 12.5. The van der Waals surface area contributed by atoms with Gasteiger partial charge in [-0.1, -0.05) is 42.3 Å². The van der Waals surface area contributed by atoms with E-state index in [4.69, 9.17) is 17.3 Å². The maximum Gasteiger partial charge on any atom is 0.321 e. The summed E-state index contributed by atoms with van der Waals surface area (Å²) in [5.74, 6) is -1.21. The Labute approximate surface area is 158 Å². The highest BCUT2D eigenvalue weighted by molar-refractivity contribution is 7.89. The lowest BCUT2D eigenvalue weighted by molar-refractivity contribution is -0.139. The lowest BCUT2D eigenvalue weighted by Gasteiger charge is -2.15. The molecule has 0 aliphatic rings. The number of halogens is 1. The summed E-state index contributed by atoms with van der Waals surface area (Å²) in [5.41, 5.74) is 7.12. The van der Waals surface area contributed by atoms with Gasteiger partial charge in [-0.15, -0.1) is 0 Å². The fourth-order valence-corrected chi connectivity index (χ4v) is 3.80. The van der Waals surface area contributed by atoms with Crippen molar-refractivity contribution < 1.29 is 18.3 Å². The zero-order chi connectivity index (χ0) is 19.2. The molecule has 140 valence electrons. The third-order valence-corrected chi connectivity index (χ3v) is 5.62. The van der Waals surface area contributed by atoms with Gasteiger partial charge in [0.05, 0.1) is 4.90 Å². The Hall–Kier alpha value is -1.93. The lowest BCUT2D eigenvalue weighted by Crippen LogP contribution is -2.40. The van der Waals surface area contributed by atoms with Crippen molar-refractivity contribution in [3.63, 3.8) is 0 Å². The Bertz CT molecular complexity index is 836. The minimum absolute atomic E-state index is 0.0142. The van der Waals surface area contributed by atoms with Crippen LogP contribution in [-0.2, 0) is 14.8 Å². The van der Waals surface area contributed by atoms with Gasteiger partial charge < -0.3 is 10.8 Å². The number of hydrogen-bond donors (Lipinski definition) is 3. The van der Waals surface area contributed by atoms with Crippen LogP contribution in [0, 0.1) is 0 Å². The van der Waals surface area contributed by atoms with Crippen LogP contribution in [0.2, 0.25) is 5.02 Å². The number of sulfonamides is 1. The van der Waals surface area contributed by atoms with E-state index in [2.05, 4.69) is 4.72 Å². The van der Waals surface area contributed by atoms with Crippen LogP contribution in [0.25, 0.3) is 11.1 Å². The molecule has 2 aromatic rings. The Morgan fingerprint density at radius 2 is 1.58 bits per heavy atom. The third kappa shape index (κ3) is 5.54. The largest absolute Gasteiger partial charge is 0.480 e. The van der Waals surface area contributed by atoms with Gasteiger partial charge in [-0.3, -0.25) is 4.79 Å². The topological polar surface area (TPSA) is 109 Å². The first-order valence-corrected chi connectivity index (χ1v) is 10.0. The van der Waals surface area contributed by atoms with Crippen LogP contribution in [0.3, 0.4) is 0 Å².